The van der Waals surface area contributed by atoms with Gasteiger partial charge in [0.05, 0.1) is 5.56 Å². The highest BCUT2D eigenvalue weighted by Crippen LogP contribution is 2.37. The summed E-state index contributed by atoms with van der Waals surface area (Å²) in [5.74, 6) is 1.17. The highest BCUT2D eigenvalue weighted by atomic mass is 19.4. The van der Waals surface area contributed by atoms with Crippen molar-refractivity contribution < 1.29 is 13.2 Å². The molecule has 27 heavy (non-hydrogen) atoms. The molecule has 2 fully saturated rings. The van der Waals surface area contributed by atoms with Crippen molar-refractivity contribution in [1.82, 2.24) is 19.2 Å². The maximum absolute atomic E-state index is 12.7. The summed E-state index contributed by atoms with van der Waals surface area (Å²) >= 11 is 0. The topological polar surface area (TPSA) is 43.1 Å². The number of hydrogen-bond acceptors (Lipinski definition) is 3. The van der Waals surface area contributed by atoms with E-state index in [0.29, 0.717) is 12.6 Å². The molecular weight excluding hydrogens is 357 g/mol. The molecule has 0 unspecified atom stereocenters. The minimum absolute atomic E-state index is 0.0281. The highest BCUT2D eigenvalue weighted by molar-refractivity contribution is 5.24. The Labute approximate surface area is 155 Å². The fourth-order valence-electron chi connectivity index (χ4n) is 3.86. The molecule has 1 aliphatic carbocycles. The van der Waals surface area contributed by atoms with Crippen LogP contribution in [0, 0.1) is 0 Å². The van der Waals surface area contributed by atoms with Crippen LogP contribution in [-0.2, 0) is 19.8 Å². The summed E-state index contributed by atoms with van der Waals surface area (Å²) in [6.45, 7) is 2.34. The molecule has 1 aliphatic heterocycles. The number of piperidine rings is 1. The third kappa shape index (κ3) is 3.81. The fraction of sp³-hybridized carbons (Fsp3) is 0.579. The number of alkyl halides is 3. The summed E-state index contributed by atoms with van der Waals surface area (Å²) in [7, 11) is 1.70. The van der Waals surface area contributed by atoms with Gasteiger partial charge in [0, 0.05) is 25.6 Å². The van der Waals surface area contributed by atoms with E-state index in [2.05, 4.69) is 10.00 Å². The summed E-state index contributed by atoms with van der Waals surface area (Å²) in [4.78, 5) is 14.5. The van der Waals surface area contributed by atoms with Gasteiger partial charge in [-0.3, -0.25) is 9.47 Å². The first-order chi connectivity index (χ1) is 12.8. The molecule has 0 bridgehead atoms. The van der Waals surface area contributed by atoms with Crippen molar-refractivity contribution in [1.29, 1.82) is 0 Å². The van der Waals surface area contributed by atoms with E-state index in [1.807, 2.05) is 4.57 Å². The fourth-order valence-corrected chi connectivity index (χ4v) is 3.86. The predicted octanol–water partition coefficient (Wildman–Crippen LogP) is 3.32. The molecule has 4 rings (SSSR count). The van der Waals surface area contributed by atoms with Crippen LogP contribution in [-0.4, -0.2) is 32.3 Å². The normalized spacial score (nSPS) is 19.6. The molecule has 2 aromatic rings. The number of hydrogen-bond donors (Lipinski definition) is 0. The average Bonchev–Trinajstić information content (AvgIpc) is 3.42. The first-order valence-corrected chi connectivity index (χ1v) is 9.37. The minimum Gasteiger partial charge on any atom is -0.299 e. The molecule has 5 nitrogen and oxygen atoms in total. The van der Waals surface area contributed by atoms with Gasteiger partial charge < -0.3 is 0 Å². The lowest BCUT2D eigenvalue weighted by Gasteiger charge is -2.31. The molecule has 146 valence electrons. The molecule has 0 radical (unpaired) electrons. The Morgan fingerprint density at radius 1 is 1.07 bits per heavy atom. The molecule has 0 spiro atoms. The van der Waals surface area contributed by atoms with Crippen molar-refractivity contribution in [2.24, 2.45) is 7.05 Å². The standard InChI is InChI=1S/C19H23F3N4O/c1-24-18(27)26(16-6-7-16)17(23-24)14-8-10-25(11-9-14)12-13-2-4-15(5-3-13)19(20,21)22/h2-5,14,16H,6-12H2,1H3. The van der Waals surface area contributed by atoms with E-state index in [-0.39, 0.29) is 11.6 Å². The van der Waals surface area contributed by atoms with Crippen molar-refractivity contribution >= 4 is 0 Å². The van der Waals surface area contributed by atoms with Gasteiger partial charge in [-0.1, -0.05) is 12.1 Å². The zero-order chi connectivity index (χ0) is 19.2. The monoisotopic (exact) mass is 380 g/mol. The lowest BCUT2D eigenvalue weighted by molar-refractivity contribution is -0.137. The molecule has 8 heteroatoms. The third-order valence-corrected chi connectivity index (χ3v) is 5.53. The zero-order valence-corrected chi connectivity index (χ0v) is 15.2. The Bertz CT molecular complexity index is 857. The number of benzene rings is 1. The van der Waals surface area contributed by atoms with E-state index in [9.17, 15) is 18.0 Å². The molecule has 0 N–H and O–H groups in total. The second-order valence-electron chi connectivity index (χ2n) is 7.61. The quantitative estimate of drug-likeness (QED) is 0.817. The van der Waals surface area contributed by atoms with E-state index in [4.69, 9.17) is 0 Å². The lowest BCUT2D eigenvalue weighted by Crippen LogP contribution is -2.33. The van der Waals surface area contributed by atoms with E-state index in [1.54, 1.807) is 19.2 Å². The summed E-state index contributed by atoms with van der Waals surface area (Å²) in [5, 5.41) is 4.48. The van der Waals surface area contributed by atoms with Crippen LogP contribution >= 0.6 is 0 Å². The molecule has 0 atom stereocenters. The molecule has 1 saturated heterocycles. The molecular formula is C19H23F3N4O. The van der Waals surface area contributed by atoms with Gasteiger partial charge >= 0.3 is 11.9 Å². The van der Waals surface area contributed by atoms with Gasteiger partial charge in [0.15, 0.2) is 0 Å². The number of likely N-dealkylation sites (tertiary alicyclic amines) is 1. The van der Waals surface area contributed by atoms with Crippen molar-refractivity contribution in [2.45, 2.75) is 50.4 Å². The van der Waals surface area contributed by atoms with Crippen molar-refractivity contribution in [3.8, 4) is 0 Å². The van der Waals surface area contributed by atoms with Crippen LogP contribution in [0.3, 0.4) is 0 Å². The Kier molecular flexibility index (Phi) is 4.61. The van der Waals surface area contributed by atoms with Gasteiger partial charge in [0.1, 0.15) is 5.82 Å². The van der Waals surface area contributed by atoms with E-state index >= 15 is 0 Å². The van der Waals surface area contributed by atoms with Crippen LogP contribution in [0.1, 0.15) is 54.6 Å². The summed E-state index contributed by atoms with van der Waals surface area (Å²) < 4.78 is 41.3. The SMILES string of the molecule is Cn1nc(C2CCN(Cc3ccc(C(F)(F)F)cc3)CC2)n(C2CC2)c1=O. The van der Waals surface area contributed by atoms with Gasteiger partial charge in [-0.15, -0.1) is 0 Å². The Hall–Kier alpha value is -2.09. The maximum atomic E-state index is 12.7. The molecule has 0 amide bonds. The molecule has 1 aromatic heterocycles. The first-order valence-electron chi connectivity index (χ1n) is 9.37. The van der Waals surface area contributed by atoms with Crippen LogP contribution < -0.4 is 5.69 Å². The molecule has 1 saturated carbocycles. The van der Waals surface area contributed by atoms with Crippen LogP contribution in [0.15, 0.2) is 29.1 Å². The van der Waals surface area contributed by atoms with Gasteiger partial charge in [-0.25, -0.2) is 9.48 Å². The van der Waals surface area contributed by atoms with Crippen LogP contribution in [0.5, 0.6) is 0 Å². The molecule has 1 aromatic carbocycles. The Morgan fingerprint density at radius 3 is 2.26 bits per heavy atom. The van der Waals surface area contributed by atoms with Gasteiger partial charge in [0.25, 0.3) is 0 Å². The predicted molar refractivity (Wildman–Crippen MR) is 94.4 cm³/mol. The van der Waals surface area contributed by atoms with Crippen LogP contribution in [0.25, 0.3) is 0 Å². The highest BCUT2D eigenvalue weighted by Gasteiger charge is 2.34. The Balaban J connectivity index is 1.38. The van der Waals surface area contributed by atoms with Gasteiger partial charge in [-0.2, -0.15) is 18.3 Å². The third-order valence-electron chi connectivity index (χ3n) is 5.53. The zero-order valence-electron chi connectivity index (χ0n) is 15.2. The van der Waals surface area contributed by atoms with Crippen molar-refractivity contribution in [3.63, 3.8) is 0 Å². The number of aryl methyl sites for hydroxylation is 1. The largest absolute Gasteiger partial charge is 0.416 e. The van der Waals surface area contributed by atoms with E-state index in [1.165, 1.54) is 4.68 Å². The molecule has 2 heterocycles. The van der Waals surface area contributed by atoms with Crippen molar-refractivity contribution in [3.05, 3.63) is 51.7 Å². The van der Waals surface area contributed by atoms with Gasteiger partial charge in [0.2, 0.25) is 0 Å². The Morgan fingerprint density at radius 2 is 1.70 bits per heavy atom. The first kappa shape index (κ1) is 18.3. The summed E-state index contributed by atoms with van der Waals surface area (Å²) in [5.41, 5.74) is 0.243. The summed E-state index contributed by atoms with van der Waals surface area (Å²) in [6.07, 6.45) is -0.388. The maximum Gasteiger partial charge on any atom is 0.416 e. The molecule has 2 aliphatic rings. The van der Waals surface area contributed by atoms with Gasteiger partial charge in [-0.05, 0) is 56.5 Å². The minimum atomic E-state index is -4.29. The number of rotatable bonds is 4. The number of nitrogens with zero attached hydrogens (tertiary/aromatic N) is 4. The second kappa shape index (κ2) is 6.82. The van der Waals surface area contributed by atoms with Crippen molar-refractivity contribution in [2.75, 3.05) is 13.1 Å². The number of aromatic nitrogens is 3. The lowest BCUT2D eigenvalue weighted by atomic mass is 9.95. The number of halogens is 3. The van der Waals surface area contributed by atoms with E-state index < -0.39 is 11.7 Å². The summed E-state index contributed by atoms with van der Waals surface area (Å²) in [6, 6.07) is 5.71. The smallest absolute Gasteiger partial charge is 0.299 e. The van der Waals surface area contributed by atoms with Crippen LogP contribution in [0.4, 0.5) is 13.2 Å². The van der Waals surface area contributed by atoms with E-state index in [0.717, 1.165) is 62.3 Å². The second-order valence-corrected chi connectivity index (χ2v) is 7.61. The van der Waals surface area contributed by atoms with Crippen LogP contribution in [0.2, 0.25) is 0 Å². The average molecular weight is 380 g/mol.